The fourth-order valence-electron chi connectivity index (χ4n) is 1.73. The van der Waals surface area contributed by atoms with Crippen molar-refractivity contribution in [2.24, 2.45) is 0 Å². The number of rotatable bonds is 3. The van der Waals surface area contributed by atoms with Crippen LogP contribution < -0.4 is 0 Å². The first-order valence-corrected chi connectivity index (χ1v) is 6.73. The van der Waals surface area contributed by atoms with Gasteiger partial charge in [0.25, 0.3) is 0 Å². The Hall–Kier alpha value is -1.97. The zero-order valence-electron chi connectivity index (χ0n) is 12.6. The lowest BCUT2D eigenvalue weighted by Crippen LogP contribution is -2.28. The maximum Gasteiger partial charge on any atom is 0.147 e. The molecular formula is C16H21FN2O. The van der Waals surface area contributed by atoms with Crippen molar-refractivity contribution in [1.29, 1.82) is 0 Å². The summed E-state index contributed by atoms with van der Waals surface area (Å²) in [5, 5.41) is 4.33. The van der Waals surface area contributed by atoms with Crippen molar-refractivity contribution in [3.8, 4) is 11.3 Å². The molecule has 1 aromatic heterocycles. The summed E-state index contributed by atoms with van der Waals surface area (Å²) in [4.78, 5) is 11.0. The molecule has 0 fully saturated rings. The number of hydrogen-bond donors (Lipinski definition) is 0. The highest BCUT2D eigenvalue weighted by molar-refractivity contribution is 5.65. The van der Waals surface area contributed by atoms with E-state index in [0.717, 1.165) is 11.8 Å². The number of carbonyl (C=O) groups is 1. The molecule has 0 amide bonds. The molecule has 0 spiro atoms. The Labute approximate surface area is 119 Å². The van der Waals surface area contributed by atoms with E-state index in [0.29, 0.717) is 11.3 Å². The summed E-state index contributed by atoms with van der Waals surface area (Å²) in [6.45, 7) is 9.38. The molecule has 0 aliphatic carbocycles. The number of aryl methyl sites for hydroxylation is 1. The summed E-state index contributed by atoms with van der Waals surface area (Å²) >= 11 is 0. The van der Waals surface area contributed by atoms with Gasteiger partial charge in [-0.05, 0) is 38.5 Å². The van der Waals surface area contributed by atoms with Gasteiger partial charge in [0, 0.05) is 11.8 Å². The number of aromatic nitrogens is 2. The highest BCUT2D eigenvalue weighted by Gasteiger charge is 2.22. The van der Waals surface area contributed by atoms with E-state index in [9.17, 15) is 9.18 Å². The van der Waals surface area contributed by atoms with Crippen LogP contribution in [0.3, 0.4) is 0 Å². The number of hydrogen-bond acceptors (Lipinski definition) is 2. The number of nitrogens with zero attached hydrogens (tertiary/aromatic N) is 2. The van der Waals surface area contributed by atoms with Gasteiger partial charge in [-0.1, -0.05) is 26.0 Å². The molecule has 0 radical (unpaired) electrons. The van der Waals surface area contributed by atoms with Crippen LogP contribution in [0, 0.1) is 12.7 Å². The molecule has 4 heteroatoms. The molecular weight excluding hydrogens is 255 g/mol. The highest BCUT2D eigenvalue weighted by Crippen LogP contribution is 2.26. The predicted molar refractivity (Wildman–Crippen MR) is 79.1 cm³/mol. The predicted octanol–water partition coefficient (Wildman–Crippen LogP) is 3.96. The number of halogens is 1. The van der Waals surface area contributed by atoms with Crippen LogP contribution in [0.5, 0.6) is 0 Å². The number of carbonyl (C=O) groups excluding carboxylic acids is 1. The molecule has 1 heterocycles. The third-order valence-corrected chi connectivity index (χ3v) is 2.91. The van der Waals surface area contributed by atoms with E-state index in [1.807, 2.05) is 20.8 Å². The Kier molecular flexibility index (Phi) is 5.19. The van der Waals surface area contributed by atoms with E-state index >= 15 is 0 Å². The largest absolute Gasteiger partial charge is 0.301 e. The minimum atomic E-state index is -0.728. The third kappa shape index (κ3) is 3.13. The first-order chi connectivity index (χ1) is 9.45. The van der Waals surface area contributed by atoms with Gasteiger partial charge in [0.05, 0.1) is 5.69 Å². The topological polar surface area (TPSA) is 34.9 Å². The Bertz CT molecular complexity index is 588. The fraction of sp³-hybridized carbons (Fsp3) is 0.375. The lowest BCUT2D eigenvalue weighted by atomic mass is 10.1. The Morgan fingerprint density at radius 1 is 1.25 bits per heavy atom. The van der Waals surface area contributed by atoms with Gasteiger partial charge in [-0.3, -0.25) is 4.68 Å². The van der Waals surface area contributed by atoms with Crippen LogP contribution in [0.25, 0.3) is 11.3 Å². The third-order valence-electron chi connectivity index (χ3n) is 2.91. The van der Waals surface area contributed by atoms with Crippen molar-refractivity contribution in [3.63, 3.8) is 0 Å². The van der Waals surface area contributed by atoms with Crippen LogP contribution >= 0.6 is 0 Å². The van der Waals surface area contributed by atoms with E-state index in [1.165, 1.54) is 6.07 Å². The molecule has 0 aliphatic heterocycles. The summed E-state index contributed by atoms with van der Waals surface area (Å²) in [5.74, 6) is -0.310. The zero-order valence-corrected chi connectivity index (χ0v) is 12.6. The molecule has 0 N–H and O–H groups in total. The van der Waals surface area contributed by atoms with Crippen LogP contribution in [0.2, 0.25) is 0 Å². The maximum atomic E-state index is 13.7. The molecule has 2 rings (SSSR count). The highest BCUT2D eigenvalue weighted by atomic mass is 19.1. The molecule has 0 atom stereocenters. The summed E-state index contributed by atoms with van der Waals surface area (Å²) in [6.07, 6.45) is 2.58. The lowest BCUT2D eigenvalue weighted by Gasteiger charge is -2.17. The van der Waals surface area contributed by atoms with Gasteiger partial charge in [-0.15, -0.1) is 0 Å². The molecule has 0 bridgehead atoms. The standard InChI is InChI=1S/C14H15FN2O.C2H6/c1-10-8-17(14(2,3)9-18)16-13(10)11-6-4-5-7-12(11)15;1-2/h4-9H,1-3H3;1-2H3. The second kappa shape index (κ2) is 6.46. The van der Waals surface area contributed by atoms with Crippen LogP contribution in [0.1, 0.15) is 33.3 Å². The van der Waals surface area contributed by atoms with Crippen molar-refractivity contribution in [2.45, 2.75) is 40.2 Å². The molecule has 0 unspecified atom stereocenters. The molecule has 108 valence electrons. The number of aldehydes is 1. The van der Waals surface area contributed by atoms with Gasteiger partial charge in [0.2, 0.25) is 0 Å². The van der Waals surface area contributed by atoms with Crippen molar-refractivity contribution >= 4 is 6.29 Å². The monoisotopic (exact) mass is 276 g/mol. The zero-order chi connectivity index (χ0) is 15.3. The van der Waals surface area contributed by atoms with E-state index in [2.05, 4.69) is 5.10 Å². The second-order valence-electron chi connectivity index (χ2n) is 4.86. The van der Waals surface area contributed by atoms with Crippen molar-refractivity contribution in [1.82, 2.24) is 9.78 Å². The molecule has 0 aliphatic rings. The van der Waals surface area contributed by atoms with Crippen LogP contribution in [0.4, 0.5) is 4.39 Å². The summed E-state index contributed by atoms with van der Waals surface area (Å²) in [7, 11) is 0. The fourth-order valence-corrected chi connectivity index (χ4v) is 1.73. The van der Waals surface area contributed by atoms with Gasteiger partial charge in [0.1, 0.15) is 17.6 Å². The minimum Gasteiger partial charge on any atom is -0.301 e. The lowest BCUT2D eigenvalue weighted by molar-refractivity contribution is -0.114. The van der Waals surface area contributed by atoms with Gasteiger partial charge < -0.3 is 4.79 Å². The van der Waals surface area contributed by atoms with E-state index in [4.69, 9.17) is 0 Å². The van der Waals surface area contributed by atoms with Gasteiger partial charge in [-0.25, -0.2) is 4.39 Å². The van der Waals surface area contributed by atoms with E-state index in [1.54, 1.807) is 42.9 Å². The maximum absolute atomic E-state index is 13.7. The Balaban J connectivity index is 0.000000956. The first-order valence-electron chi connectivity index (χ1n) is 6.73. The molecule has 20 heavy (non-hydrogen) atoms. The quantitative estimate of drug-likeness (QED) is 0.795. The van der Waals surface area contributed by atoms with Crippen molar-refractivity contribution in [3.05, 3.63) is 41.8 Å². The van der Waals surface area contributed by atoms with Gasteiger partial charge in [-0.2, -0.15) is 5.10 Å². The van der Waals surface area contributed by atoms with Crippen LogP contribution in [0.15, 0.2) is 30.5 Å². The first kappa shape index (κ1) is 16.1. The van der Waals surface area contributed by atoms with Crippen LogP contribution in [-0.4, -0.2) is 16.1 Å². The smallest absolute Gasteiger partial charge is 0.147 e. The average Bonchev–Trinajstić information content (AvgIpc) is 2.84. The minimum absolute atomic E-state index is 0.310. The molecule has 1 aromatic carbocycles. The number of benzene rings is 1. The Morgan fingerprint density at radius 2 is 1.85 bits per heavy atom. The van der Waals surface area contributed by atoms with Crippen LogP contribution in [-0.2, 0) is 10.3 Å². The normalized spacial score (nSPS) is 10.7. The summed E-state index contributed by atoms with van der Waals surface area (Å²) in [5.41, 5.74) is 1.14. The van der Waals surface area contributed by atoms with Crippen molar-refractivity contribution < 1.29 is 9.18 Å². The molecule has 0 saturated carbocycles. The Morgan fingerprint density at radius 3 is 2.40 bits per heavy atom. The molecule has 3 nitrogen and oxygen atoms in total. The summed E-state index contributed by atoms with van der Waals surface area (Å²) in [6, 6.07) is 6.49. The molecule has 2 aromatic rings. The second-order valence-corrected chi connectivity index (χ2v) is 4.86. The van der Waals surface area contributed by atoms with Gasteiger partial charge in [0.15, 0.2) is 0 Å². The van der Waals surface area contributed by atoms with E-state index in [-0.39, 0.29) is 5.82 Å². The van der Waals surface area contributed by atoms with Crippen molar-refractivity contribution in [2.75, 3.05) is 0 Å². The SMILES string of the molecule is CC.Cc1cn(C(C)(C)C=O)nc1-c1ccccc1F. The average molecular weight is 276 g/mol. The summed E-state index contributed by atoms with van der Waals surface area (Å²) < 4.78 is 15.3. The van der Waals surface area contributed by atoms with Gasteiger partial charge >= 0.3 is 0 Å². The molecule has 0 saturated heterocycles. The van der Waals surface area contributed by atoms with E-state index < -0.39 is 5.54 Å².